The number of hydrogen-bond acceptors (Lipinski definition) is 3. The molecule has 70 valence electrons. The summed E-state index contributed by atoms with van der Waals surface area (Å²) in [5, 5.41) is 15.2. The molecular formula is C8H10N2O3. The van der Waals surface area contributed by atoms with Crippen molar-refractivity contribution in [3.05, 3.63) is 17.0 Å². The largest absolute Gasteiger partial charge is 0.476 e. The first-order valence-corrected chi connectivity index (χ1v) is 4.12. The maximum absolute atomic E-state index is 10.7. The van der Waals surface area contributed by atoms with E-state index in [9.17, 15) is 4.79 Å². The Bertz CT molecular complexity index is 345. The highest BCUT2D eigenvalue weighted by atomic mass is 16.5. The molecule has 0 saturated carbocycles. The first-order chi connectivity index (χ1) is 6.20. The number of H-pyrrole nitrogens is 1. The lowest BCUT2D eigenvalue weighted by molar-refractivity contribution is 0.0521. The van der Waals surface area contributed by atoms with E-state index in [2.05, 4.69) is 10.2 Å². The van der Waals surface area contributed by atoms with Crippen molar-refractivity contribution in [1.29, 1.82) is 0 Å². The molecule has 0 spiro atoms. The first-order valence-electron chi connectivity index (χ1n) is 4.12. The fraction of sp³-hybridized carbons (Fsp3) is 0.500. The van der Waals surface area contributed by atoms with Gasteiger partial charge in [0, 0.05) is 12.0 Å². The summed E-state index contributed by atoms with van der Waals surface area (Å²) in [6.07, 6.45) is 0.544. The van der Waals surface area contributed by atoms with Crippen molar-refractivity contribution in [1.82, 2.24) is 10.2 Å². The molecule has 1 aliphatic heterocycles. The number of carboxylic acid groups (broad SMARTS) is 1. The minimum Gasteiger partial charge on any atom is -0.476 e. The first kappa shape index (κ1) is 8.25. The van der Waals surface area contributed by atoms with Gasteiger partial charge >= 0.3 is 5.97 Å². The molecule has 1 aromatic rings. The average molecular weight is 182 g/mol. The molecule has 1 unspecified atom stereocenters. The molecule has 0 amide bonds. The van der Waals surface area contributed by atoms with Crippen LogP contribution in [0, 0.1) is 0 Å². The summed E-state index contributed by atoms with van der Waals surface area (Å²) in [4.78, 5) is 10.7. The van der Waals surface area contributed by atoms with Crippen molar-refractivity contribution >= 4 is 5.97 Å². The van der Waals surface area contributed by atoms with E-state index in [1.165, 1.54) is 0 Å². The highest BCUT2D eigenvalue weighted by Crippen LogP contribution is 2.26. The number of hydrogen-bond donors (Lipinski definition) is 2. The molecule has 1 atom stereocenters. The molecule has 2 heterocycles. The number of nitrogens with zero attached hydrogens (tertiary/aromatic N) is 1. The van der Waals surface area contributed by atoms with E-state index in [1.807, 2.05) is 6.92 Å². The zero-order valence-corrected chi connectivity index (χ0v) is 7.20. The third-order valence-corrected chi connectivity index (χ3v) is 2.23. The summed E-state index contributed by atoms with van der Waals surface area (Å²) in [6.45, 7) is 2.44. The molecule has 5 nitrogen and oxygen atoms in total. The molecule has 0 fully saturated rings. The van der Waals surface area contributed by atoms with Crippen LogP contribution in [0.25, 0.3) is 0 Å². The number of ether oxygens (including phenoxy) is 1. The fourth-order valence-corrected chi connectivity index (χ4v) is 1.57. The number of aromatic nitrogens is 2. The maximum Gasteiger partial charge on any atom is 0.356 e. The minimum absolute atomic E-state index is 0.0793. The Hall–Kier alpha value is -1.36. The van der Waals surface area contributed by atoms with Crippen LogP contribution in [0.15, 0.2) is 0 Å². The van der Waals surface area contributed by atoms with Gasteiger partial charge in [-0.15, -0.1) is 0 Å². The van der Waals surface area contributed by atoms with Crippen molar-refractivity contribution in [2.75, 3.05) is 6.61 Å². The Morgan fingerprint density at radius 3 is 3.23 bits per heavy atom. The molecule has 0 saturated heterocycles. The van der Waals surface area contributed by atoms with Crippen LogP contribution in [-0.2, 0) is 11.2 Å². The van der Waals surface area contributed by atoms with E-state index in [0.717, 1.165) is 11.3 Å². The van der Waals surface area contributed by atoms with E-state index in [4.69, 9.17) is 9.84 Å². The van der Waals surface area contributed by atoms with Gasteiger partial charge < -0.3 is 9.84 Å². The molecule has 0 aliphatic carbocycles. The van der Waals surface area contributed by atoms with Gasteiger partial charge in [0.15, 0.2) is 5.69 Å². The van der Waals surface area contributed by atoms with Crippen LogP contribution < -0.4 is 0 Å². The molecule has 1 aromatic heterocycles. The second kappa shape index (κ2) is 2.85. The van der Waals surface area contributed by atoms with Crippen molar-refractivity contribution in [3.8, 4) is 0 Å². The summed E-state index contributed by atoms with van der Waals surface area (Å²) < 4.78 is 5.33. The molecular weight excluding hydrogens is 172 g/mol. The topological polar surface area (TPSA) is 75.2 Å². The predicted octanol–water partition coefficient (Wildman–Crippen LogP) is 0.742. The smallest absolute Gasteiger partial charge is 0.356 e. The molecule has 5 heteroatoms. The molecule has 13 heavy (non-hydrogen) atoms. The van der Waals surface area contributed by atoms with E-state index >= 15 is 0 Å². The summed E-state index contributed by atoms with van der Waals surface area (Å²) in [5.74, 6) is -0.980. The third kappa shape index (κ3) is 1.21. The fourth-order valence-electron chi connectivity index (χ4n) is 1.57. The van der Waals surface area contributed by atoms with E-state index in [0.29, 0.717) is 13.0 Å². The van der Waals surface area contributed by atoms with Gasteiger partial charge in [-0.05, 0) is 6.92 Å². The van der Waals surface area contributed by atoms with Gasteiger partial charge in [0.1, 0.15) is 0 Å². The van der Waals surface area contributed by atoms with Crippen molar-refractivity contribution in [2.45, 2.75) is 19.4 Å². The van der Waals surface area contributed by atoms with Gasteiger partial charge in [0.25, 0.3) is 0 Å². The summed E-state index contributed by atoms with van der Waals surface area (Å²) in [6, 6.07) is 0. The SMILES string of the molecule is CC1OCCc2c(C(=O)O)n[nH]c21. The molecule has 0 aromatic carbocycles. The van der Waals surface area contributed by atoms with Gasteiger partial charge in [-0.3, -0.25) is 5.10 Å². The van der Waals surface area contributed by atoms with Crippen LogP contribution in [0.4, 0.5) is 0 Å². The van der Waals surface area contributed by atoms with Crippen LogP contribution >= 0.6 is 0 Å². The quantitative estimate of drug-likeness (QED) is 0.671. The van der Waals surface area contributed by atoms with Gasteiger partial charge in [-0.25, -0.2) is 4.79 Å². The monoisotopic (exact) mass is 182 g/mol. The zero-order chi connectivity index (χ0) is 9.42. The lowest BCUT2D eigenvalue weighted by Gasteiger charge is -2.18. The Morgan fingerprint density at radius 1 is 1.77 bits per heavy atom. The lowest BCUT2D eigenvalue weighted by Crippen LogP contribution is -2.15. The standard InChI is InChI=1S/C8H10N2O3/c1-4-6-5(2-3-13-4)7(8(11)12)10-9-6/h4H,2-3H2,1H3,(H,9,10)(H,11,12). The van der Waals surface area contributed by atoms with E-state index in [-0.39, 0.29) is 11.8 Å². The highest BCUT2D eigenvalue weighted by Gasteiger charge is 2.25. The van der Waals surface area contributed by atoms with Crippen LogP contribution in [0.5, 0.6) is 0 Å². The molecule has 2 rings (SSSR count). The van der Waals surface area contributed by atoms with Crippen molar-refractivity contribution in [3.63, 3.8) is 0 Å². The molecule has 0 radical (unpaired) electrons. The van der Waals surface area contributed by atoms with E-state index in [1.54, 1.807) is 0 Å². The Balaban J connectivity index is 2.47. The molecule has 1 aliphatic rings. The number of aromatic carboxylic acids is 1. The van der Waals surface area contributed by atoms with Crippen LogP contribution in [0.2, 0.25) is 0 Å². The van der Waals surface area contributed by atoms with Gasteiger partial charge in [0.2, 0.25) is 0 Å². The zero-order valence-electron chi connectivity index (χ0n) is 7.20. The number of aromatic amines is 1. The average Bonchev–Trinajstić information content (AvgIpc) is 2.48. The second-order valence-corrected chi connectivity index (χ2v) is 3.03. The summed E-state index contributed by atoms with van der Waals surface area (Å²) >= 11 is 0. The van der Waals surface area contributed by atoms with Crippen molar-refractivity contribution in [2.24, 2.45) is 0 Å². The summed E-state index contributed by atoms with van der Waals surface area (Å²) in [5.41, 5.74) is 1.71. The third-order valence-electron chi connectivity index (χ3n) is 2.23. The summed E-state index contributed by atoms with van der Waals surface area (Å²) in [7, 11) is 0. The van der Waals surface area contributed by atoms with Crippen LogP contribution in [0.1, 0.15) is 34.8 Å². The number of nitrogens with one attached hydrogen (secondary N) is 1. The van der Waals surface area contributed by atoms with Crippen LogP contribution in [-0.4, -0.2) is 27.9 Å². The normalized spacial score (nSPS) is 21.2. The maximum atomic E-state index is 10.7. The number of carboxylic acids is 1. The number of rotatable bonds is 1. The molecule has 0 bridgehead atoms. The minimum atomic E-state index is -0.980. The predicted molar refractivity (Wildman–Crippen MR) is 43.6 cm³/mol. The number of fused-ring (bicyclic) bond motifs is 1. The number of carbonyl (C=O) groups is 1. The van der Waals surface area contributed by atoms with Crippen molar-refractivity contribution < 1.29 is 14.6 Å². The van der Waals surface area contributed by atoms with Crippen LogP contribution in [0.3, 0.4) is 0 Å². The Morgan fingerprint density at radius 2 is 2.54 bits per heavy atom. The van der Waals surface area contributed by atoms with Gasteiger partial charge in [-0.1, -0.05) is 0 Å². The Kier molecular flexibility index (Phi) is 1.81. The molecule has 2 N–H and O–H groups in total. The van der Waals surface area contributed by atoms with Gasteiger partial charge in [-0.2, -0.15) is 5.10 Å². The van der Waals surface area contributed by atoms with E-state index < -0.39 is 5.97 Å². The Labute approximate surface area is 74.7 Å². The highest BCUT2D eigenvalue weighted by molar-refractivity contribution is 5.87. The lowest BCUT2D eigenvalue weighted by atomic mass is 10.0. The second-order valence-electron chi connectivity index (χ2n) is 3.03. The van der Waals surface area contributed by atoms with Gasteiger partial charge in [0.05, 0.1) is 18.4 Å².